The molecule has 2 N–H and O–H groups in total. The average molecular weight is 631 g/mol. The molecule has 1 aromatic carbocycles. The molecule has 2 fully saturated rings. The summed E-state index contributed by atoms with van der Waals surface area (Å²) in [5.74, 6) is -0.222. The number of halogens is 1. The van der Waals surface area contributed by atoms with Crippen LogP contribution in [0.3, 0.4) is 0 Å². The maximum atomic E-state index is 14.1. The van der Waals surface area contributed by atoms with E-state index in [1.807, 2.05) is 0 Å². The second kappa shape index (κ2) is 15.7. The van der Waals surface area contributed by atoms with Gasteiger partial charge in [0.1, 0.15) is 5.69 Å². The minimum atomic E-state index is -3.73. The van der Waals surface area contributed by atoms with Gasteiger partial charge in [0.25, 0.3) is 5.91 Å². The van der Waals surface area contributed by atoms with E-state index in [1.54, 1.807) is 0 Å². The lowest BCUT2D eigenvalue weighted by Gasteiger charge is -2.35. The van der Waals surface area contributed by atoms with Gasteiger partial charge in [-0.3, -0.25) is 9.69 Å². The van der Waals surface area contributed by atoms with Crippen LogP contribution in [-0.2, 0) is 23.0 Å². The van der Waals surface area contributed by atoms with Gasteiger partial charge in [-0.1, -0.05) is 57.8 Å². The van der Waals surface area contributed by atoms with Gasteiger partial charge in [-0.25, -0.2) is 12.8 Å². The number of aromatic nitrogens is 1. The van der Waals surface area contributed by atoms with E-state index in [0.717, 1.165) is 57.7 Å². The largest absolute Gasteiger partial charge is 0.494 e. The zero-order valence-corrected chi connectivity index (χ0v) is 27.2. The van der Waals surface area contributed by atoms with E-state index < -0.39 is 15.8 Å². The summed E-state index contributed by atoms with van der Waals surface area (Å²) in [6.07, 6.45) is 17.6. The van der Waals surface area contributed by atoms with E-state index in [0.29, 0.717) is 37.3 Å². The highest BCUT2D eigenvalue weighted by Gasteiger charge is 2.30. The van der Waals surface area contributed by atoms with Gasteiger partial charge in [0.05, 0.1) is 12.0 Å². The molecule has 0 radical (unpaired) electrons. The van der Waals surface area contributed by atoms with Crippen molar-refractivity contribution in [3.05, 3.63) is 47.0 Å². The number of benzene rings is 1. The number of nitrogens with one attached hydrogen (secondary N) is 2. The lowest BCUT2D eigenvalue weighted by Crippen LogP contribution is -2.39. The number of amides is 1. The number of aromatic amines is 1. The SMILES string of the molecule is COc1ccc(S(=O)(=O)N2CCC(CCCCNC(=O)c3cc4c([nH]3)CCN(C3CCCCCCCCC3)C4)CC2)cc1F. The number of nitrogens with zero attached hydrogens (tertiary/aromatic N) is 2. The first kappa shape index (κ1) is 32.9. The predicted molar refractivity (Wildman–Crippen MR) is 171 cm³/mol. The summed E-state index contributed by atoms with van der Waals surface area (Å²) in [4.78, 5) is 19.0. The van der Waals surface area contributed by atoms with Gasteiger partial charge in [-0.2, -0.15) is 4.31 Å². The first-order valence-electron chi connectivity index (χ1n) is 16.9. The van der Waals surface area contributed by atoms with Crippen molar-refractivity contribution in [1.82, 2.24) is 19.5 Å². The summed E-state index contributed by atoms with van der Waals surface area (Å²) in [5.41, 5.74) is 3.17. The fourth-order valence-electron chi connectivity index (χ4n) is 7.30. The van der Waals surface area contributed by atoms with E-state index >= 15 is 0 Å². The number of sulfonamides is 1. The molecule has 44 heavy (non-hydrogen) atoms. The molecule has 0 bridgehead atoms. The lowest BCUT2D eigenvalue weighted by atomic mass is 9.92. The number of ether oxygens (including phenoxy) is 1. The number of carbonyl (C=O) groups is 1. The molecule has 244 valence electrons. The van der Waals surface area contributed by atoms with E-state index in [1.165, 1.54) is 92.6 Å². The number of piperidine rings is 1. The Hall–Kier alpha value is -2.43. The van der Waals surface area contributed by atoms with Crippen LogP contribution in [0.15, 0.2) is 29.2 Å². The molecule has 1 saturated carbocycles. The molecule has 1 saturated heterocycles. The third-order valence-corrected chi connectivity index (χ3v) is 11.9. The highest BCUT2D eigenvalue weighted by atomic mass is 32.2. The van der Waals surface area contributed by atoms with Crippen molar-refractivity contribution in [3.8, 4) is 5.75 Å². The smallest absolute Gasteiger partial charge is 0.267 e. The molecule has 10 heteroatoms. The number of hydrogen-bond donors (Lipinski definition) is 2. The number of methoxy groups -OCH3 is 1. The second-order valence-electron chi connectivity index (χ2n) is 13.0. The summed E-state index contributed by atoms with van der Waals surface area (Å²) in [6, 6.07) is 6.53. The highest BCUT2D eigenvalue weighted by Crippen LogP contribution is 2.29. The molecule has 1 aliphatic carbocycles. The minimum absolute atomic E-state index is 0.0295. The van der Waals surface area contributed by atoms with Gasteiger partial charge < -0.3 is 15.0 Å². The fraction of sp³-hybridized carbons (Fsp3) is 0.676. The molecular weight excluding hydrogens is 579 g/mol. The van der Waals surface area contributed by atoms with Gasteiger partial charge in [0.2, 0.25) is 10.0 Å². The van der Waals surface area contributed by atoms with Crippen molar-refractivity contribution in [3.63, 3.8) is 0 Å². The summed E-state index contributed by atoms with van der Waals surface area (Å²) < 4.78 is 46.5. The minimum Gasteiger partial charge on any atom is -0.494 e. The first-order chi connectivity index (χ1) is 21.3. The van der Waals surface area contributed by atoms with E-state index in [9.17, 15) is 17.6 Å². The molecule has 3 heterocycles. The Morgan fingerprint density at radius 2 is 1.68 bits per heavy atom. The van der Waals surface area contributed by atoms with Crippen LogP contribution in [-0.4, -0.2) is 67.8 Å². The number of fused-ring (bicyclic) bond motifs is 1. The van der Waals surface area contributed by atoms with E-state index in [2.05, 4.69) is 21.3 Å². The van der Waals surface area contributed by atoms with Crippen molar-refractivity contribution < 1.29 is 22.3 Å². The Balaban J connectivity index is 1.00. The zero-order valence-electron chi connectivity index (χ0n) is 26.4. The molecule has 1 aromatic heterocycles. The molecule has 2 aromatic rings. The Morgan fingerprint density at radius 3 is 2.36 bits per heavy atom. The number of carbonyl (C=O) groups excluding carboxylic acids is 1. The first-order valence-corrected chi connectivity index (χ1v) is 18.4. The quantitative estimate of drug-likeness (QED) is 0.296. The third kappa shape index (κ3) is 8.43. The van der Waals surface area contributed by atoms with Crippen LogP contribution >= 0.6 is 0 Å². The van der Waals surface area contributed by atoms with Crippen molar-refractivity contribution >= 4 is 15.9 Å². The lowest BCUT2D eigenvalue weighted by molar-refractivity contribution is 0.0948. The van der Waals surface area contributed by atoms with E-state index in [4.69, 9.17) is 4.74 Å². The van der Waals surface area contributed by atoms with Crippen LogP contribution in [0.1, 0.15) is 112 Å². The van der Waals surface area contributed by atoms with Crippen LogP contribution in [0, 0.1) is 11.7 Å². The maximum absolute atomic E-state index is 14.1. The molecule has 5 rings (SSSR count). The summed E-state index contributed by atoms with van der Waals surface area (Å²) in [6.45, 7) is 3.53. The molecule has 0 spiro atoms. The molecular formula is C34H51FN4O4S. The van der Waals surface area contributed by atoms with Crippen LogP contribution < -0.4 is 10.1 Å². The predicted octanol–water partition coefficient (Wildman–Crippen LogP) is 6.41. The Morgan fingerprint density at radius 1 is 0.977 bits per heavy atom. The van der Waals surface area contributed by atoms with Crippen LogP contribution in [0.5, 0.6) is 5.75 Å². The molecule has 1 amide bonds. The van der Waals surface area contributed by atoms with Crippen molar-refractivity contribution in [2.75, 3.05) is 33.3 Å². The van der Waals surface area contributed by atoms with Gasteiger partial charge in [0, 0.05) is 50.9 Å². The van der Waals surface area contributed by atoms with Crippen molar-refractivity contribution in [1.29, 1.82) is 0 Å². The number of hydrogen-bond acceptors (Lipinski definition) is 5. The third-order valence-electron chi connectivity index (χ3n) is 10.0. The summed E-state index contributed by atoms with van der Waals surface area (Å²) in [7, 11) is -2.38. The monoisotopic (exact) mass is 630 g/mol. The van der Waals surface area contributed by atoms with Gasteiger partial charge in [-0.05, 0) is 67.9 Å². The molecule has 8 nitrogen and oxygen atoms in total. The van der Waals surface area contributed by atoms with Gasteiger partial charge in [-0.15, -0.1) is 0 Å². The van der Waals surface area contributed by atoms with Gasteiger partial charge in [0.15, 0.2) is 11.6 Å². The summed E-state index contributed by atoms with van der Waals surface area (Å²) in [5, 5.41) is 3.10. The van der Waals surface area contributed by atoms with Crippen molar-refractivity contribution in [2.24, 2.45) is 5.92 Å². The van der Waals surface area contributed by atoms with Crippen LogP contribution in [0.25, 0.3) is 0 Å². The molecule has 0 atom stereocenters. The number of unbranched alkanes of at least 4 members (excludes halogenated alkanes) is 1. The standard InChI is InChI=1S/C34H51FN4O4S/c1-43-33-15-14-29(24-30(33)35)44(41,42)39-21-16-26(17-22-39)11-9-10-19-36-34(40)32-23-27-25-38(20-18-31(27)37-32)28-12-7-5-3-2-4-6-8-13-28/h14-15,23-24,26,28,37H,2-13,16-22,25H2,1H3,(H,36,40). The Kier molecular flexibility index (Phi) is 11.8. The normalized spacial score (nSPS) is 20.2. The summed E-state index contributed by atoms with van der Waals surface area (Å²) >= 11 is 0. The highest BCUT2D eigenvalue weighted by molar-refractivity contribution is 7.89. The van der Waals surface area contributed by atoms with E-state index in [-0.39, 0.29) is 16.6 Å². The maximum Gasteiger partial charge on any atom is 0.267 e. The zero-order chi connectivity index (χ0) is 30.9. The fourth-order valence-corrected chi connectivity index (χ4v) is 8.78. The Bertz CT molecular complexity index is 1330. The topological polar surface area (TPSA) is 94.7 Å². The number of rotatable bonds is 10. The van der Waals surface area contributed by atoms with Crippen molar-refractivity contribution in [2.45, 2.75) is 114 Å². The molecule has 2 aliphatic heterocycles. The van der Waals surface area contributed by atoms with Crippen LogP contribution in [0.4, 0.5) is 4.39 Å². The molecule has 3 aliphatic rings. The molecule has 0 unspecified atom stereocenters. The number of H-pyrrole nitrogens is 1. The average Bonchev–Trinajstić information content (AvgIpc) is 3.47. The van der Waals surface area contributed by atoms with Crippen LogP contribution in [0.2, 0.25) is 0 Å². The van der Waals surface area contributed by atoms with Gasteiger partial charge >= 0.3 is 0 Å². The second-order valence-corrected chi connectivity index (χ2v) is 14.9. The Labute approximate surface area is 263 Å².